The van der Waals surface area contributed by atoms with E-state index in [0.29, 0.717) is 16.5 Å². The van der Waals surface area contributed by atoms with Crippen molar-refractivity contribution in [2.45, 2.75) is 13.8 Å². The van der Waals surface area contributed by atoms with Crippen LogP contribution in [0.1, 0.15) is 18.1 Å². The van der Waals surface area contributed by atoms with Gasteiger partial charge in [-0.3, -0.25) is 4.79 Å². The van der Waals surface area contributed by atoms with Crippen LogP contribution in [-0.4, -0.2) is 18.2 Å². The lowest BCUT2D eigenvalue weighted by Crippen LogP contribution is -2.25. The highest BCUT2D eigenvalue weighted by atomic mass is 35.5. The summed E-state index contributed by atoms with van der Waals surface area (Å²) in [6.45, 7) is 3.69. The zero-order valence-corrected chi connectivity index (χ0v) is 13.2. The zero-order valence-electron chi connectivity index (χ0n) is 12.5. The molecule has 0 aliphatic rings. The first-order chi connectivity index (χ1) is 10.5. The van der Waals surface area contributed by atoms with E-state index >= 15 is 0 Å². The largest absolute Gasteiger partial charge is 0.484 e. The van der Waals surface area contributed by atoms with E-state index in [9.17, 15) is 4.79 Å². The second kappa shape index (κ2) is 7.61. The maximum atomic E-state index is 11.7. The van der Waals surface area contributed by atoms with E-state index in [1.807, 2.05) is 50.2 Å². The highest BCUT2D eigenvalue weighted by Crippen LogP contribution is 2.12. The summed E-state index contributed by atoms with van der Waals surface area (Å²) in [5.74, 6) is 0.350. The molecule has 0 spiro atoms. The Morgan fingerprint density at radius 3 is 2.64 bits per heavy atom. The average molecular weight is 317 g/mol. The standard InChI is InChI=1S/C17H17ClN2O2/c1-12-4-3-5-16(10-12)22-11-17(21)20-19-13(2)14-6-8-15(18)9-7-14/h3-10H,11H2,1-2H3,(H,20,21)/b19-13-. The van der Waals surface area contributed by atoms with Crippen molar-refractivity contribution in [2.75, 3.05) is 6.61 Å². The van der Waals surface area contributed by atoms with Crippen LogP contribution in [0.4, 0.5) is 0 Å². The quantitative estimate of drug-likeness (QED) is 0.677. The lowest BCUT2D eigenvalue weighted by molar-refractivity contribution is -0.123. The van der Waals surface area contributed by atoms with Gasteiger partial charge in [0.1, 0.15) is 5.75 Å². The molecule has 2 rings (SSSR count). The monoisotopic (exact) mass is 316 g/mol. The van der Waals surface area contributed by atoms with Crippen molar-refractivity contribution in [3.8, 4) is 5.75 Å². The van der Waals surface area contributed by atoms with Crippen molar-refractivity contribution in [1.29, 1.82) is 0 Å². The highest BCUT2D eigenvalue weighted by Gasteiger charge is 2.03. The summed E-state index contributed by atoms with van der Waals surface area (Å²) in [6, 6.07) is 14.8. The molecular weight excluding hydrogens is 300 g/mol. The zero-order chi connectivity index (χ0) is 15.9. The second-order valence-corrected chi connectivity index (χ2v) is 5.28. The summed E-state index contributed by atoms with van der Waals surface area (Å²) < 4.78 is 5.40. The molecule has 4 nitrogen and oxygen atoms in total. The van der Waals surface area contributed by atoms with E-state index in [4.69, 9.17) is 16.3 Å². The van der Waals surface area contributed by atoms with Crippen LogP contribution in [0.2, 0.25) is 5.02 Å². The molecule has 2 aromatic rings. The third-order valence-corrected chi connectivity index (χ3v) is 3.22. The molecule has 0 aliphatic heterocycles. The third kappa shape index (κ3) is 4.90. The Labute approximate surface area is 134 Å². The predicted molar refractivity (Wildman–Crippen MR) is 88.5 cm³/mol. The normalized spacial score (nSPS) is 11.1. The fraction of sp³-hybridized carbons (Fsp3) is 0.176. The number of hydrazone groups is 1. The number of amides is 1. The first-order valence-electron chi connectivity index (χ1n) is 6.83. The molecule has 0 bridgehead atoms. The van der Waals surface area contributed by atoms with Gasteiger partial charge in [0.2, 0.25) is 0 Å². The smallest absolute Gasteiger partial charge is 0.277 e. The van der Waals surface area contributed by atoms with Gasteiger partial charge in [-0.2, -0.15) is 5.10 Å². The van der Waals surface area contributed by atoms with Crippen molar-refractivity contribution in [1.82, 2.24) is 5.43 Å². The van der Waals surface area contributed by atoms with Gasteiger partial charge < -0.3 is 4.74 Å². The molecular formula is C17H17ClN2O2. The number of carbonyl (C=O) groups excluding carboxylic acids is 1. The van der Waals surface area contributed by atoms with E-state index in [0.717, 1.165) is 11.1 Å². The molecule has 0 radical (unpaired) electrons. The number of carbonyl (C=O) groups is 1. The van der Waals surface area contributed by atoms with Gasteiger partial charge in [-0.15, -0.1) is 0 Å². The summed E-state index contributed by atoms with van der Waals surface area (Å²) >= 11 is 5.83. The van der Waals surface area contributed by atoms with E-state index < -0.39 is 0 Å². The topological polar surface area (TPSA) is 50.7 Å². The molecule has 1 N–H and O–H groups in total. The molecule has 0 unspecified atom stereocenters. The number of benzene rings is 2. The van der Waals surface area contributed by atoms with Crippen molar-refractivity contribution in [3.63, 3.8) is 0 Å². The van der Waals surface area contributed by atoms with E-state index in [2.05, 4.69) is 10.5 Å². The molecule has 0 fully saturated rings. The molecule has 2 aromatic carbocycles. The van der Waals surface area contributed by atoms with Gasteiger partial charge in [0.05, 0.1) is 5.71 Å². The summed E-state index contributed by atoms with van der Waals surface area (Å²) in [5, 5.41) is 4.71. The van der Waals surface area contributed by atoms with Crippen LogP contribution in [0.3, 0.4) is 0 Å². The molecule has 22 heavy (non-hydrogen) atoms. The van der Waals surface area contributed by atoms with Crippen LogP contribution in [0.15, 0.2) is 53.6 Å². The minimum absolute atomic E-state index is 0.0825. The first kappa shape index (κ1) is 16.0. The lowest BCUT2D eigenvalue weighted by atomic mass is 10.1. The molecule has 0 saturated heterocycles. The first-order valence-corrected chi connectivity index (χ1v) is 7.21. The fourth-order valence-electron chi connectivity index (χ4n) is 1.79. The number of nitrogens with zero attached hydrogens (tertiary/aromatic N) is 1. The lowest BCUT2D eigenvalue weighted by Gasteiger charge is -2.06. The van der Waals surface area contributed by atoms with Gasteiger partial charge in [0, 0.05) is 5.02 Å². The minimum atomic E-state index is -0.310. The summed E-state index contributed by atoms with van der Waals surface area (Å²) in [6.07, 6.45) is 0. The fourth-order valence-corrected chi connectivity index (χ4v) is 1.91. The van der Waals surface area contributed by atoms with Crippen molar-refractivity contribution in [3.05, 3.63) is 64.7 Å². The number of nitrogens with one attached hydrogen (secondary N) is 1. The van der Waals surface area contributed by atoms with Crippen molar-refractivity contribution in [2.24, 2.45) is 5.10 Å². The number of ether oxygens (including phenoxy) is 1. The van der Waals surface area contributed by atoms with Crippen LogP contribution >= 0.6 is 11.6 Å². The number of rotatable bonds is 5. The Balaban J connectivity index is 1.86. The van der Waals surface area contributed by atoms with Gasteiger partial charge in [0.15, 0.2) is 6.61 Å². The average Bonchev–Trinajstić information content (AvgIpc) is 2.51. The Morgan fingerprint density at radius 1 is 1.23 bits per heavy atom. The maximum Gasteiger partial charge on any atom is 0.277 e. The number of hydrogen-bond donors (Lipinski definition) is 1. The number of aryl methyl sites for hydroxylation is 1. The van der Waals surface area contributed by atoms with Gasteiger partial charge in [-0.1, -0.05) is 35.9 Å². The van der Waals surface area contributed by atoms with Crippen LogP contribution in [0.25, 0.3) is 0 Å². The van der Waals surface area contributed by atoms with Gasteiger partial charge in [0.25, 0.3) is 5.91 Å². The number of hydrogen-bond acceptors (Lipinski definition) is 3. The summed E-state index contributed by atoms with van der Waals surface area (Å²) in [4.78, 5) is 11.7. The molecule has 0 aromatic heterocycles. The second-order valence-electron chi connectivity index (χ2n) is 4.84. The van der Waals surface area contributed by atoms with E-state index in [1.54, 1.807) is 12.1 Å². The van der Waals surface area contributed by atoms with Crippen molar-refractivity contribution < 1.29 is 9.53 Å². The molecule has 0 heterocycles. The van der Waals surface area contributed by atoms with Gasteiger partial charge in [-0.05, 0) is 49.2 Å². The van der Waals surface area contributed by atoms with E-state index in [-0.39, 0.29) is 12.5 Å². The molecule has 0 saturated carbocycles. The molecule has 1 amide bonds. The van der Waals surface area contributed by atoms with Crippen LogP contribution < -0.4 is 10.2 Å². The Kier molecular flexibility index (Phi) is 5.55. The SMILES string of the molecule is C/C(=N/NC(=O)COc1cccc(C)c1)c1ccc(Cl)cc1. The Bertz CT molecular complexity index is 681. The Hall–Kier alpha value is -2.33. The Morgan fingerprint density at radius 2 is 1.95 bits per heavy atom. The molecule has 0 atom stereocenters. The van der Waals surface area contributed by atoms with Gasteiger partial charge >= 0.3 is 0 Å². The highest BCUT2D eigenvalue weighted by molar-refractivity contribution is 6.30. The molecule has 5 heteroatoms. The minimum Gasteiger partial charge on any atom is -0.484 e. The van der Waals surface area contributed by atoms with E-state index in [1.165, 1.54) is 0 Å². The molecule has 114 valence electrons. The van der Waals surface area contributed by atoms with Crippen LogP contribution in [0, 0.1) is 6.92 Å². The molecule has 0 aliphatic carbocycles. The van der Waals surface area contributed by atoms with Crippen LogP contribution in [0.5, 0.6) is 5.75 Å². The number of halogens is 1. The summed E-state index contributed by atoms with van der Waals surface area (Å²) in [5.41, 5.74) is 5.14. The van der Waals surface area contributed by atoms with Crippen molar-refractivity contribution >= 4 is 23.2 Å². The maximum absolute atomic E-state index is 11.7. The summed E-state index contributed by atoms with van der Waals surface area (Å²) in [7, 11) is 0. The van der Waals surface area contributed by atoms with Crippen LogP contribution in [-0.2, 0) is 4.79 Å². The predicted octanol–water partition coefficient (Wildman–Crippen LogP) is 3.57. The third-order valence-electron chi connectivity index (χ3n) is 2.97. The van der Waals surface area contributed by atoms with Gasteiger partial charge in [-0.25, -0.2) is 5.43 Å².